The molecular formula is C25H35N3O2. The second kappa shape index (κ2) is 10.6. The molecule has 162 valence electrons. The van der Waals surface area contributed by atoms with Crippen molar-refractivity contribution in [3.05, 3.63) is 59.7 Å². The molecule has 1 heterocycles. The van der Waals surface area contributed by atoms with Gasteiger partial charge in [0.25, 0.3) is 0 Å². The molecule has 2 N–H and O–H groups in total. The molecule has 1 amide bonds. The summed E-state index contributed by atoms with van der Waals surface area (Å²) in [5, 5.41) is 6.56. The van der Waals surface area contributed by atoms with E-state index in [1.165, 1.54) is 11.1 Å². The number of nitrogens with one attached hydrogen (secondary N) is 2. The lowest BCUT2D eigenvalue weighted by Crippen LogP contribution is -2.41. The van der Waals surface area contributed by atoms with Gasteiger partial charge in [0.2, 0.25) is 5.91 Å². The van der Waals surface area contributed by atoms with Gasteiger partial charge in [-0.05, 0) is 54.7 Å². The van der Waals surface area contributed by atoms with Crippen molar-refractivity contribution >= 4 is 17.3 Å². The number of aryl methyl sites for hydroxylation is 1. The molecular weight excluding hydrogens is 374 g/mol. The molecule has 2 atom stereocenters. The monoisotopic (exact) mass is 409 g/mol. The normalized spacial score (nSPS) is 16.4. The molecule has 0 spiro atoms. The molecule has 3 rings (SSSR count). The number of rotatable bonds is 8. The average Bonchev–Trinajstić information content (AvgIpc) is 2.78. The van der Waals surface area contributed by atoms with E-state index in [2.05, 4.69) is 72.7 Å². The number of benzene rings is 2. The molecule has 1 saturated heterocycles. The number of amides is 1. The first-order chi connectivity index (χ1) is 14.5. The Morgan fingerprint density at radius 3 is 2.20 bits per heavy atom. The maximum atomic E-state index is 12.8. The summed E-state index contributed by atoms with van der Waals surface area (Å²) >= 11 is 0. The fraction of sp³-hybridized carbons (Fsp3) is 0.480. The number of ether oxygens (including phenoxy) is 1. The van der Waals surface area contributed by atoms with Gasteiger partial charge in [0.15, 0.2) is 0 Å². The molecule has 0 aromatic heterocycles. The van der Waals surface area contributed by atoms with E-state index in [1.54, 1.807) is 0 Å². The average molecular weight is 410 g/mol. The quantitative estimate of drug-likeness (QED) is 0.679. The van der Waals surface area contributed by atoms with Crippen molar-refractivity contribution in [3.63, 3.8) is 0 Å². The molecule has 0 bridgehead atoms. The molecule has 30 heavy (non-hydrogen) atoms. The molecule has 2 aromatic carbocycles. The van der Waals surface area contributed by atoms with Gasteiger partial charge in [-0.2, -0.15) is 0 Å². The lowest BCUT2D eigenvalue weighted by Gasteiger charge is -2.29. The summed E-state index contributed by atoms with van der Waals surface area (Å²) in [5.74, 6) is 0.352. The van der Waals surface area contributed by atoms with E-state index in [9.17, 15) is 4.79 Å². The van der Waals surface area contributed by atoms with Crippen molar-refractivity contribution in [1.82, 2.24) is 5.32 Å². The van der Waals surface area contributed by atoms with E-state index < -0.39 is 0 Å². The van der Waals surface area contributed by atoms with Gasteiger partial charge in [0.1, 0.15) is 0 Å². The maximum Gasteiger partial charge on any atom is 0.241 e. The van der Waals surface area contributed by atoms with Gasteiger partial charge in [-0.15, -0.1) is 0 Å². The molecule has 1 aliphatic heterocycles. The number of morpholine rings is 1. The Bertz CT molecular complexity index is 796. The highest BCUT2D eigenvalue weighted by molar-refractivity contribution is 5.94. The lowest BCUT2D eigenvalue weighted by atomic mass is 9.94. The van der Waals surface area contributed by atoms with Gasteiger partial charge >= 0.3 is 0 Å². The number of carbonyl (C=O) groups is 1. The van der Waals surface area contributed by atoms with Crippen LogP contribution in [-0.4, -0.2) is 38.3 Å². The molecule has 0 unspecified atom stereocenters. The third-order valence-corrected chi connectivity index (χ3v) is 5.75. The summed E-state index contributed by atoms with van der Waals surface area (Å²) in [6.07, 6.45) is 1.03. The van der Waals surface area contributed by atoms with Crippen LogP contribution in [0.2, 0.25) is 0 Å². The van der Waals surface area contributed by atoms with Gasteiger partial charge < -0.3 is 15.0 Å². The van der Waals surface area contributed by atoms with Crippen LogP contribution in [0, 0.1) is 5.92 Å². The number of anilines is 2. The fourth-order valence-electron chi connectivity index (χ4n) is 3.81. The van der Waals surface area contributed by atoms with E-state index >= 15 is 0 Å². The van der Waals surface area contributed by atoms with Crippen LogP contribution in [0.5, 0.6) is 0 Å². The summed E-state index contributed by atoms with van der Waals surface area (Å²) in [6, 6.07) is 16.6. The predicted molar refractivity (Wildman–Crippen MR) is 124 cm³/mol. The van der Waals surface area contributed by atoms with Gasteiger partial charge in [0.05, 0.1) is 19.3 Å². The largest absolute Gasteiger partial charge is 0.378 e. The third kappa shape index (κ3) is 5.83. The lowest BCUT2D eigenvalue weighted by molar-refractivity contribution is -0.118. The minimum Gasteiger partial charge on any atom is -0.378 e. The van der Waals surface area contributed by atoms with Crippen LogP contribution in [0.1, 0.15) is 44.9 Å². The van der Waals surface area contributed by atoms with Crippen LogP contribution >= 0.6 is 0 Å². The highest BCUT2D eigenvalue weighted by Gasteiger charge is 2.22. The van der Waals surface area contributed by atoms with Gasteiger partial charge in [0, 0.05) is 30.5 Å². The fourth-order valence-corrected chi connectivity index (χ4v) is 3.81. The van der Waals surface area contributed by atoms with Crippen LogP contribution in [-0.2, 0) is 16.0 Å². The van der Waals surface area contributed by atoms with E-state index in [1.807, 2.05) is 19.1 Å². The third-order valence-electron chi connectivity index (χ3n) is 5.75. The van der Waals surface area contributed by atoms with E-state index in [0.717, 1.165) is 44.1 Å². The van der Waals surface area contributed by atoms with Crippen molar-refractivity contribution in [2.75, 3.05) is 36.5 Å². The first-order valence-corrected chi connectivity index (χ1v) is 11.1. The SMILES string of the molecule is CCc1ccc([C@@H](N[C@@H](C)C(=O)Nc2ccc(N3CCOCC3)cc2)C(C)C)cc1. The Kier molecular flexibility index (Phi) is 7.88. The molecule has 1 fully saturated rings. The summed E-state index contributed by atoms with van der Waals surface area (Å²) in [6.45, 7) is 11.8. The molecule has 1 aliphatic rings. The maximum absolute atomic E-state index is 12.8. The minimum absolute atomic E-state index is 0.0232. The van der Waals surface area contributed by atoms with Crippen LogP contribution in [0.25, 0.3) is 0 Å². The zero-order valence-corrected chi connectivity index (χ0v) is 18.7. The molecule has 0 radical (unpaired) electrons. The van der Waals surface area contributed by atoms with Crippen molar-refractivity contribution in [3.8, 4) is 0 Å². The summed E-state index contributed by atoms with van der Waals surface area (Å²) in [7, 11) is 0. The first-order valence-electron chi connectivity index (χ1n) is 11.1. The number of hydrogen-bond acceptors (Lipinski definition) is 4. The van der Waals surface area contributed by atoms with Crippen LogP contribution in [0.4, 0.5) is 11.4 Å². The Balaban J connectivity index is 1.59. The topological polar surface area (TPSA) is 53.6 Å². The van der Waals surface area contributed by atoms with Crippen molar-refractivity contribution in [1.29, 1.82) is 0 Å². The second-order valence-corrected chi connectivity index (χ2v) is 8.34. The number of carbonyl (C=O) groups excluding carboxylic acids is 1. The van der Waals surface area contributed by atoms with E-state index in [0.29, 0.717) is 5.92 Å². The van der Waals surface area contributed by atoms with Crippen molar-refractivity contribution in [2.24, 2.45) is 5.92 Å². The van der Waals surface area contributed by atoms with Gasteiger partial charge in [-0.25, -0.2) is 0 Å². The van der Waals surface area contributed by atoms with Gasteiger partial charge in [-0.3, -0.25) is 10.1 Å². The minimum atomic E-state index is -0.304. The molecule has 2 aromatic rings. The van der Waals surface area contributed by atoms with Crippen LogP contribution in [0.15, 0.2) is 48.5 Å². The summed E-state index contributed by atoms with van der Waals surface area (Å²) in [5.41, 5.74) is 4.53. The molecule has 5 heteroatoms. The zero-order valence-electron chi connectivity index (χ0n) is 18.7. The highest BCUT2D eigenvalue weighted by Crippen LogP contribution is 2.24. The second-order valence-electron chi connectivity index (χ2n) is 8.34. The van der Waals surface area contributed by atoms with Crippen LogP contribution in [0.3, 0.4) is 0 Å². The number of hydrogen-bond donors (Lipinski definition) is 2. The Hall–Kier alpha value is -2.37. The molecule has 0 saturated carbocycles. The number of nitrogens with zero attached hydrogens (tertiary/aromatic N) is 1. The first kappa shape index (κ1) is 22.3. The van der Waals surface area contributed by atoms with Crippen LogP contribution < -0.4 is 15.5 Å². The summed E-state index contributed by atoms with van der Waals surface area (Å²) < 4.78 is 5.41. The standard InChI is InChI=1S/C25H35N3O2/c1-5-20-6-8-21(9-7-20)24(18(2)3)26-19(4)25(29)27-22-10-12-23(13-11-22)28-14-16-30-17-15-28/h6-13,18-19,24,26H,5,14-17H2,1-4H3,(H,27,29)/t19-,24-/m0/s1. The predicted octanol–water partition coefficient (Wildman–Crippen LogP) is 4.40. The molecule has 5 nitrogen and oxygen atoms in total. The zero-order chi connectivity index (χ0) is 21.5. The van der Waals surface area contributed by atoms with E-state index in [-0.39, 0.29) is 18.0 Å². The molecule has 0 aliphatic carbocycles. The van der Waals surface area contributed by atoms with Gasteiger partial charge in [-0.1, -0.05) is 45.0 Å². The Labute approximate surface area is 180 Å². The Morgan fingerprint density at radius 2 is 1.63 bits per heavy atom. The highest BCUT2D eigenvalue weighted by atomic mass is 16.5. The summed E-state index contributed by atoms with van der Waals surface area (Å²) in [4.78, 5) is 15.1. The van der Waals surface area contributed by atoms with Crippen molar-refractivity contribution < 1.29 is 9.53 Å². The van der Waals surface area contributed by atoms with E-state index in [4.69, 9.17) is 4.74 Å². The van der Waals surface area contributed by atoms with Crippen molar-refractivity contribution in [2.45, 2.75) is 46.2 Å². The Morgan fingerprint density at radius 1 is 1.00 bits per heavy atom. The smallest absolute Gasteiger partial charge is 0.241 e.